The van der Waals surface area contributed by atoms with Gasteiger partial charge in [0.15, 0.2) is 11.5 Å². The summed E-state index contributed by atoms with van der Waals surface area (Å²) in [4.78, 5) is 52.1. The van der Waals surface area contributed by atoms with Crippen molar-refractivity contribution in [2.24, 2.45) is 0 Å². The fraction of sp³-hybridized carbons (Fsp3) is 0.143. The van der Waals surface area contributed by atoms with Gasteiger partial charge < -0.3 is 14.2 Å². The van der Waals surface area contributed by atoms with Crippen LogP contribution in [0, 0.1) is 0 Å². The number of imide groups is 1. The molecule has 0 aromatic heterocycles. The first kappa shape index (κ1) is 24.4. The standard InChI is InChI=1S/C28H23NO7/c1-34-24-17-19(13-15-25(30)35-2)12-14-23(24)36-28(33)22(16-18-8-4-3-5-9-18)29-26(31)20-10-6-7-11-21(20)27(29)32/h3-15,17,22H,16H2,1-2H3/b15-13+. The number of hydrogen-bond acceptors (Lipinski definition) is 7. The highest BCUT2D eigenvalue weighted by molar-refractivity contribution is 6.22. The summed E-state index contributed by atoms with van der Waals surface area (Å²) >= 11 is 0. The number of hydrogen-bond donors (Lipinski definition) is 0. The molecule has 0 saturated heterocycles. The second-order valence-corrected chi connectivity index (χ2v) is 7.92. The summed E-state index contributed by atoms with van der Waals surface area (Å²) in [5.41, 5.74) is 1.85. The maximum absolute atomic E-state index is 13.5. The Morgan fingerprint density at radius 2 is 1.50 bits per heavy atom. The minimum absolute atomic E-state index is 0.0768. The number of fused-ring (bicyclic) bond motifs is 1. The van der Waals surface area contributed by atoms with Crippen molar-refractivity contribution in [3.05, 3.63) is 101 Å². The molecule has 1 aliphatic rings. The van der Waals surface area contributed by atoms with Crippen LogP contribution in [-0.4, -0.2) is 48.9 Å². The van der Waals surface area contributed by atoms with Crippen molar-refractivity contribution < 1.29 is 33.4 Å². The van der Waals surface area contributed by atoms with Gasteiger partial charge in [0.05, 0.1) is 25.3 Å². The van der Waals surface area contributed by atoms with Crippen molar-refractivity contribution in [2.45, 2.75) is 12.5 Å². The highest BCUT2D eigenvalue weighted by Crippen LogP contribution is 2.31. The molecule has 36 heavy (non-hydrogen) atoms. The van der Waals surface area contributed by atoms with Crippen LogP contribution in [0.4, 0.5) is 0 Å². The summed E-state index contributed by atoms with van der Waals surface area (Å²) < 4.78 is 15.6. The fourth-order valence-corrected chi connectivity index (χ4v) is 3.89. The maximum atomic E-state index is 13.5. The Morgan fingerprint density at radius 3 is 2.11 bits per heavy atom. The average molecular weight is 485 g/mol. The lowest BCUT2D eigenvalue weighted by Crippen LogP contribution is -2.48. The van der Waals surface area contributed by atoms with E-state index in [1.165, 1.54) is 32.4 Å². The molecule has 1 atom stereocenters. The van der Waals surface area contributed by atoms with Crippen LogP contribution in [-0.2, 0) is 20.7 Å². The molecule has 0 aliphatic carbocycles. The zero-order valence-corrected chi connectivity index (χ0v) is 19.7. The van der Waals surface area contributed by atoms with Crippen LogP contribution in [0.15, 0.2) is 78.9 Å². The second-order valence-electron chi connectivity index (χ2n) is 7.92. The van der Waals surface area contributed by atoms with Gasteiger partial charge in [-0.2, -0.15) is 0 Å². The molecule has 0 saturated carbocycles. The summed E-state index contributed by atoms with van der Waals surface area (Å²) in [6, 6.07) is 19.0. The molecule has 1 heterocycles. The smallest absolute Gasteiger partial charge is 0.335 e. The van der Waals surface area contributed by atoms with Crippen LogP contribution in [0.2, 0.25) is 0 Å². The average Bonchev–Trinajstić information content (AvgIpc) is 3.16. The van der Waals surface area contributed by atoms with Crippen LogP contribution in [0.25, 0.3) is 6.08 Å². The number of amides is 2. The Bertz CT molecular complexity index is 1310. The zero-order valence-electron chi connectivity index (χ0n) is 19.7. The normalized spacial score (nSPS) is 13.4. The number of carbonyl (C=O) groups excluding carboxylic acids is 4. The quantitative estimate of drug-likeness (QED) is 0.208. The molecule has 8 heteroatoms. The van der Waals surface area contributed by atoms with Crippen LogP contribution >= 0.6 is 0 Å². The zero-order chi connectivity index (χ0) is 25.7. The monoisotopic (exact) mass is 485 g/mol. The van der Waals surface area contributed by atoms with Gasteiger partial charge in [-0.25, -0.2) is 9.59 Å². The number of esters is 2. The summed E-state index contributed by atoms with van der Waals surface area (Å²) in [6.07, 6.45) is 2.85. The maximum Gasteiger partial charge on any atom is 0.335 e. The predicted molar refractivity (Wildman–Crippen MR) is 131 cm³/mol. The van der Waals surface area contributed by atoms with Crippen LogP contribution in [0.5, 0.6) is 11.5 Å². The molecule has 182 valence electrons. The van der Waals surface area contributed by atoms with E-state index in [4.69, 9.17) is 9.47 Å². The van der Waals surface area contributed by atoms with E-state index >= 15 is 0 Å². The molecule has 0 fully saturated rings. The van der Waals surface area contributed by atoms with Gasteiger partial charge in [-0.1, -0.05) is 48.5 Å². The Kier molecular flexibility index (Phi) is 7.25. The molecule has 1 unspecified atom stereocenters. The Hall–Kier alpha value is -4.72. The van der Waals surface area contributed by atoms with E-state index in [1.54, 1.807) is 36.4 Å². The Morgan fingerprint density at radius 1 is 0.861 bits per heavy atom. The number of ether oxygens (including phenoxy) is 3. The Labute approximate surface area is 207 Å². The summed E-state index contributed by atoms with van der Waals surface area (Å²) in [7, 11) is 2.68. The van der Waals surface area contributed by atoms with E-state index in [0.29, 0.717) is 5.56 Å². The first-order valence-corrected chi connectivity index (χ1v) is 11.1. The van der Waals surface area contributed by atoms with Gasteiger partial charge in [-0.05, 0) is 41.5 Å². The van der Waals surface area contributed by atoms with Crippen molar-refractivity contribution in [3.8, 4) is 11.5 Å². The lowest BCUT2D eigenvalue weighted by atomic mass is 10.0. The molecule has 1 aliphatic heterocycles. The summed E-state index contributed by atoms with van der Waals surface area (Å²) in [5.74, 6) is -2.07. The van der Waals surface area contributed by atoms with E-state index in [-0.39, 0.29) is 29.0 Å². The molecular formula is C28H23NO7. The predicted octanol–water partition coefficient (Wildman–Crippen LogP) is 3.69. The van der Waals surface area contributed by atoms with Crippen molar-refractivity contribution in [1.82, 2.24) is 4.90 Å². The third kappa shape index (κ3) is 5.02. The minimum atomic E-state index is -1.21. The molecular weight excluding hydrogens is 462 g/mol. The largest absolute Gasteiger partial charge is 0.493 e. The van der Waals surface area contributed by atoms with Gasteiger partial charge in [0, 0.05) is 12.5 Å². The van der Waals surface area contributed by atoms with Gasteiger partial charge >= 0.3 is 11.9 Å². The van der Waals surface area contributed by atoms with Gasteiger partial charge in [0.2, 0.25) is 0 Å². The highest BCUT2D eigenvalue weighted by atomic mass is 16.6. The van der Waals surface area contributed by atoms with Gasteiger partial charge in [0.25, 0.3) is 11.8 Å². The van der Waals surface area contributed by atoms with Crippen LogP contribution < -0.4 is 9.47 Å². The van der Waals surface area contributed by atoms with Crippen LogP contribution in [0.1, 0.15) is 31.8 Å². The van der Waals surface area contributed by atoms with Gasteiger partial charge in [-0.3, -0.25) is 14.5 Å². The van der Waals surface area contributed by atoms with Gasteiger partial charge in [-0.15, -0.1) is 0 Å². The SMILES string of the molecule is COC(=O)/C=C/c1ccc(OC(=O)C(Cc2ccccc2)N2C(=O)c3ccccc3C2=O)c(OC)c1. The van der Waals surface area contributed by atoms with E-state index < -0.39 is 29.8 Å². The van der Waals surface area contributed by atoms with E-state index in [0.717, 1.165) is 10.5 Å². The summed E-state index contributed by atoms with van der Waals surface area (Å²) in [5, 5.41) is 0. The molecule has 4 rings (SSSR count). The third-order valence-corrected chi connectivity index (χ3v) is 5.69. The molecule has 3 aromatic rings. The van der Waals surface area contributed by atoms with Crippen molar-refractivity contribution >= 4 is 29.8 Å². The van der Waals surface area contributed by atoms with Crippen molar-refractivity contribution in [1.29, 1.82) is 0 Å². The lowest BCUT2D eigenvalue weighted by molar-refractivity contribution is -0.139. The van der Waals surface area contributed by atoms with Crippen LogP contribution in [0.3, 0.4) is 0 Å². The topological polar surface area (TPSA) is 99.2 Å². The molecule has 8 nitrogen and oxygen atoms in total. The Balaban J connectivity index is 1.64. The fourth-order valence-electron chi connectivity index (χ4n) is 3.89. The molecule has 0 bridgehead atoms. The lowest BCUT2D eigenvalue weighted by Gasteiger charge is -2.25. The third-order valence-electron chi connectivity index (χ3n) is 5.69. The second kappa shape index (κ2) is 10.7. The number of rotatable bonds is 8. The molecule has 0 radical (unpaired) electrons. The first-order chi connectivity index (χ1) is 17.4. The molecule has 0 spiro atoms. The minimum Gasteiger partial charge on any atom is -0.493 e. The number of nitrogens with zero attached hydrogens (tertiary/aromatic N) is 1. The van der Waals surface area contributed by atoms with Gasteiger partial charge in [0.1, 0.15) is 6.04 Å². The number of methoxy groups -OCH3 is 2. The van der Waals surface area contributed by atoms with Crippen molar-refractivity contribution in [3.63, 3.8) is 0 Å². The number of benzene rings is 3. The molecule has 0 N–H and O–H groups in total. The van der Waals surface area contributed by atoms with E-state index in [2.05, 4.69) is 4.74 Å². The van der Waals surface area contributed by atoms with E-state index in [1.807, 2.05) is 30.3 Å². The highest BCUT2D eigenvalue weighted by Gasteiger charge is 2.43. The number of carbonyl (C=O) groups is 4. The van der Waals surface area contributed by atoms with Crippen molar-refractivity contribution in [2.75, 3.05) is 14.2 Å². The molecule has 3 aromatic carbocycles. The summed E-state index contributed by atoms with van der Waals surface area (Å²) in [6.45, 7) is 0. The van der Waals surface area contributed by atoms with E-state index in [9.17, 15) is 19.2 Å². The molecule has 2 amide bonds. The first-order valence-electron chi connectivity index (χ1n) is 11.1.